The normalized spacial score (nSPS) is 22.9. The number of imidazole rings is 2. The van der Waals surface area contributed by atoms with Crippen molar-refractivity contribution in [2.24, 2.45) is 11.8 Å². The van der Waals surface area contributed by atoms with Gasteiger partial charge in [-0.1, -0.05) is 64.1 Å². The molecule has 8 rings (SSSR count). The Morgan fingerprint density at radius 1 is 0.667 bits per heavy atom. The number of rotatable bonds is 11. The van der Waals surface area contributed by atoms with Crippen molar-refractivity contribution in [2.75, 3.05) is 27.3 Å². The summed E-state index contributed by atoms with van der Waals surface area (Å²) >= 11 is 0. The number of aromatic nitrogens is 4. The van der Waals surface area contributed by atoms with E-state index in [0.717, 1.165) is 58.4 Å². The third-order valence-electron chi connectivity index (χ3n) is 13.0. The molecule has 4 aliphatic rings. The zero-order valence-electron chi connectivity index (χ0n) is 35.9. The Labute approximate surface area is 361 Å². The quantitative estimate of drug-likeness (QED) is 0.110. The van der Waals surface area contributed by atoms with Gasteiger partial charge in [0.05, 0.1) is 63.2 Å². The van der Waals surface area contributed by atoms with Gasteiger partial charge in [-0.3, -0.25) is 9.59 Å². The zero-order chi connectivity index (χ0) is 45.1. The number of amides is 4. The number of H-pyrrole nitrogens is 2. The average Bonchev–Trinajstić information content (AvgIpc) is 4.12. The van der Waals surface area contributed by atoms with Crippen molar-refractivity contribution in [1.82, 2.24) is 40.4 Å². The molecule has 0 spiro atoms. The number of carbonyl (C=O) groups excluding carboxylic acids is 4. The van der Waals surface area contributed by atoms with E-state index < -0.39 is 97.8 Å². The van der Waals surface area contributed by atoms with Gasteiger partial charge in [-0.25, -0.2) is 37.1 Å². The summed E-state index contributed by atoms with van der Waals surface area (Å²) in [5, 5.41) is 4.98. The van der Waals surface area contributed by atoms with Crippen LogP contribution in [0.5, 0.6) is 0 Å². The second-order valence-electron chi connectivity index (χ2n) is 17.9. The molecular weight excluding hydrogens is 825 g/mol. The first-order valence-corrected chi connectivity index (χ1v) is 21.3. The lowest BCUT2D eigenvalue weighted by Gasteiger charge is -2.29. The second kappa shape index (κ2) is 16.6. The first-order valence-electron chi connectivity index (χ1n) is 21.3. The summed E-state index contributed by atoms with van der Waals surface area (Å²) in [6.45, 7) is 5.24. The summed E-state index contributed by atoms with van der Waals surface area (Å²) in [4.78, 5) is 69.0. The fourth-order valence-corrected chi connectivity index (χ4v) is 9.98. The minimum absolute atomic E-state index is 0.211. The van der Waals surface area contributed by atoms with Gasteiger partial charge in [0.1, 0.15) is 23.7 Å². The molecule has 0 radical (unpaired) electrons. The summed E-state index contributed by atoms with van der Waals surface area (Å²) in [6.07, 6.45) is 3.35. The lowest BCUT2D eigenvalue weighted by atomic mass is 9.82. The maximum absolute atomic E-state index is 15.0. The summed E-state index contributed by atoms with van der Waals surface area (Å²) < 4.78 is 69.2. The fourth-order valence-electron chi connectivity index (χ4n) is 9.98. The number of halogens is 4. The van der Waals surface area contributed by atoms with Crippen LogP contribution >= 0.6 is 0 Å². The van der Waals surface area contributed by atoms with E-state index in [0.29, 0.717) is 23.2 Å². The Morgan fingerprint density at radius 2 is 1.10 bits per heavy atom. The molecule has 63 heavy (non-hydrogen) atoms. The number of fused-ring (bicyclic) bond motifs is 5. The van der Waals surface area contributed by atoms with Gasteiger partial charge in [0.15, 0.2) is 0 Å². The number of aromatic amines is 2. The molecule has 2 saturated heterocycles. The van der Waals surface area contributed by atoms with Gasteiger partial charge in [-0.2, -0.15) is 0 Å². The summed E-state index contributed by atoms with van der Waals surface area (Å²) in [7, 11) is 2.33. The van der Waals surface area contributed by atoms with Crippen LogP contribution in [0.25, 0.3) is 33.6 Å². The molecule has 4 aromatic rings. The lowest BCUT2D eigenvalue weighted by molar-refractivity contribution is -0.137. The Balaban J connectivity index is 1.04. The third-order valence-corrected chi connectivity index (χ3v) is 13.0. The maximum atomic E-state index is 15.0. The van der Waals surface area contributed by atoms with Crippen LogP contribution in [-0.4, -0.2) is 105 Å². The number of carbonyl (C=O) groups is 4. The number of methoxy groups -OCH3 is 2. The van der Waals surface area contributed by atoms with Gasteiger partial charge >= 0.3 is 12.2 Å². The van der Waals surface area contributed by atoms with E-state index in [2.05, 4.69) is 46.1 Å². The highest BCUT2D eigenvalue weighted by Gasteiger charge is 2.52. The molecule has 2 aliphatic heterocycles. The van der Waals surface area contributed by atoms with Crippen LogP contribution in [-0.2, 0) is 19.1 Å². The average molecular weight is 877 g/mol. The molecule has 2 aromatic heterocycles. The van der Waals surface area contributed by atoms with Crippen molar-refractivity contribution in [3.05, 3.63) is 71.6 Å². The van der Waals surface area contributed by atoms with Gasteiger partial charge in [0, 0.05) is 18.4 Å². The molecule has 2 aliphatic carbocycles. The standard InChI is InChI=1S/C45H52F4N8O6/c1-22(2)36(54-42(60)62-5)40(58)56-20-44(46,47)16-32(56)38-50-18-30(52-38)25-9-7-24(8-10-25)28-13-14-29(35-27-12-11-26(15-27)34(28)35)31-19-51-39(53-31)33-17-45(48,49)21-57(33)41(59)37(23(3)4)55-43(61)63-6/h7-10,13-14,18-19,22-23,26-27,32-33,36-37H,11-12,15-17,20-21H2,1-6H3,(H,50,52)(H,51,53)(H,54,60)(H,55,61). The number of alkyl carbamates (subject to hydrolysis) is 2. The van der Waals surface area contributed by atoms with Crippen LogP contribution < -0.4 is 10.6 Å². The number of likely N-dealkylation sites (tertiary alicyclic amines) is 2. The molecule has 4 N–H and O–H groups in total. The van der Waals surface area contributed by atoms with Gasteiger partial charge in [0.25, 0.3) is 11.8 Å². The molecule has 6 unspecified atom stereocenters. The van der Waals surface area contributed by atoms with Gasteiger partial charge < -0.3 is 39.9 Å². The molecule has 2 bridgehead atoms. The number of alkyl halides is 4. The molecule has 18 heteroatoms. The van der Waals surface area contributed by atoms with Crippen molar-refractivity contribution in [3.63, 3.8) is 0 Å². The van der Waals surface area contributed by atoms with Crippen LogP contribution in [0.15, 0.2) is 48.8 Å². The van der Waals surface area contributed by atoms with Gasteiger partial charge in [-0.05, 0) is 70.8 Å². The smallest absolute Gasteiger partial charge is 0.407 e. The number of hydrogen-bond donors (Lipinski definition) is 4. The van der Waals surface area contributed by atoms with Crippen LogP contribution in [0.3, 0.4) is 0 Å². The van der Waals surface area contributed by atoms with E-state index in [1.807, 2.05) is 30.3 Å². The first-order chi connectivity index (χ1) is 29.9. The van der Waals surface area contributed by atoms with E-state index in [-0.39, 0.29) is 11.6 Å². The molecule has 6 atom stereocenters. The van der Waals surface area contributed by atoms with Crippen molar-refractivity contribution in [3.8, 4) is 33.6 Å². The largest absolute Gasteiger partial charge is 0.453 e. The number of benzene rings is 2. The first kappa shape index (κ1) is 43.7. The summed E-state index contributed by atoms with van der Waals surface area (Å²) in [6, 6.07) is 7.72. The highest BCUT2D eigenvalue weighted by molar-refractivity contribution is 5.87. The van der Waals surface area contributed by atoms with Crippen molar-refractivity contribution in [1.29, 1.82) is 0 Å². The number of hydrogen-bond acceptors (Lipinski definition) is 8. The Morgan fingerprint density at radius 3 is 1.57 bits per heavy atom. The lowest BCUT2D eigenvalue weighted by Crippen LogP contribution is -2.51. The van der Waals surface area contributed by atoms with Crippen LogP contribution in [0, 0.1) is 11.8 Å². The highest BCUT2D eigenvalue weighted by Crippen LogP contribution is 2.58. The van der Waals surface area contributed by atoms with E-state index in [1.54, 1.807) is 40.1 Å². The van der Waals surface area contributed by atoms with Crippen molar-refractivity contribution in [2.45, 2.75) is 108 Å². The molecular formula is C45H52F4N8O6. The molecule has 3 fully saturated rings. The Bertz CT molecular complexity index is 2400. The van der Waals surface area contributed by atoms with Gasteiger partial charge in [-0.15, -0.1) is 0 Å². The SMILES string of the molecule is COC(=O)NC(C(=O)N1CC(F)(F)CC1c1ncc(-c2ccc(-c3ccc(-c4cnc(C5CC(F)(F)CN5C(=O)C(NC(=O)OC)C(C)C)[nH]4)c4c3C3CCC4C3)cc2)[nH]1)C(C)C. The van der Waals surface area contributed by atoms with Crippen molar-refractivity contribution >= 4 is 24.0 Å². The predicted octanol–water partition coefficient (Wildman–Crippen LogP) is 8.08. The summed E-state index contributed by atoms with van der Waals surface area (Å²) in [5.41, 5.74) is 7.44. The van der Waals surface area contributed by atoms with Crippen molar-refractivity contribution < 1.29 is 46.2 Å². The van der Waals surface area contributed by atoms with Crippen LogP contribution in [0.1, 0.15) is 106 Å². The molecule has 2 aromatic carbocycles. The van der Waals surface area contributed by atoms with E-state index in [4.69, 9.17) is 0 Å². The number of ether oxygens (including phenoxy) is 2. The summed E-state index contributed by atoms with van der Waals surface area (Å²) in [5.74, 6) is -7.29. The van der Waals surface area contributed by atoms with Crippen LogP contribution in [0.2, 0.25) is 0 Å². The highest BCUT2D eigenvalue weighted by atomic mass is 19.3. The monoisotopic (exact) mass is 876 g/mol. The second-order valence-corrected chi connectivity index (χ2v) is 17.9. The fraction of sp³-hybridized carbons (Fsp3) is 0.511. The molecule has 4 amide bonds. The minimum Gasteiger partial charge on any atom is -0.453 e. The molecule has 14 nitrogen and oxygen atoms in total. The third kappa shape index (κ3) is 8.35. The Kier molecular flexibility index (Phi) is 11.5. The van der Waals surface area contributed by atoms with E-state index >= 15 is 8.78 Å². The van der Waals surface area contributed by atoms with Gasteiger partial charge in [0.2, 0.25) is 11.8 Å². The molecule has 1 saturated carbocycles. The minimum atomic E-state index is -3.16. The molecule has 336 valence electrons. The Hall–Kier alpha value is -5.94. The number of nitrogens with zero attached hydrogens (tertiary/aromatic N) is 4. The zero-order valence-corrected chi connectivity index (χ0v) is 35.9. The topological polar surface area (TPSA) is 175 Å². The number of nitrogens with one attached hydrogen (secondary N) is 4. The molecule has 4 heterocycles. The van der Waals surface area contributed by atoms with Crippen LogP contribution in [0.4, 0.5) is 27.2 Å². The van der Waals surface area contributed by atoms with E-state index in [9.17, 15) is 28.0 Å². The maximum Gasteiger partial charge on any atom is 0.407 e. The predicted molar refractivity (Wildman–Crippen MR) is 223 cm³/mol. The van der Waals surface area contributed by atoms with E-state index in [1.165, 1.54) is 18.2 Å².